The maximum atomic E-state index is 12.8. The van der Waals surface area contributed by atoms with E-state index in [0.717, 1.165) is 0 Å². The van der Waals surface area contributed by atoms with E-state index in [-0.39, 0.29) is 6.42 Å². The number of hydrogen-bond acceptors (Lipinski definition) is 2. The van der Waals surface area contributed by atoms with Gasteiger partial charge in [0, 0.05) is 5.69 Å². The van der Waals surface area contributed by atoms with Crippen molar-refractivity contribution in [1.82, 2.24) is 0 Å². The number of hydrogen-bond donors (Lipinski definition) is 2. The van der Waals surface area contributed by atoms with Crippen LogP contribution in [0.2, 0.25) is 0 Å². The molecule has 76 valence electrons. The fourth-order valence-electron chi connectivity index (χ4n) is 1.17. The SMILES string of the molecule is CC(Cc1cc(F)ccc1N)C(=O)O. The molecule has 0 aliphatic carbocycles. The average Bonchev–Trinajstić information content (AvgIpc) is 2.11. The van der Waals surface area contributed by atoms with Gasteiger partial charge in [0.15, 0.2) is 0 Å². The molecule has 0 amide bonds. The fourth-order valence-corrected chi connectivity index (χ4v) is 1.17. The van der Waals surface area contributed by atoms with E-state index in [9.17, 15) is 9.18 Å². The molecule has 1 rings (SSSR count). The summed E-state index contributed by atoms with van der Waals surface area (Å²) in [5, 5.41) is 8.67. The largest absolute Gasteiger partial charge is 0.481 e. The lowest BCUT2D eigenvalue weighted by Crippen LogP contribution is -2.13. The van der Waals surface area contributed by atoms with Crippen LogP contribution in [0.1, 0.15) is 12.5 Å². The number of rotatable bonds is 3. The number of anilines is 1. The topological polar surface area (TPSA) is 63.3 Å². The third-order valence-corrected chi connectivity index (χ3v) is 2.05. The summed E-state index contributed by atoms with van der Waals surface area (Å²) in [6, 6.07) is 3.97. The molecular formula is C10H12FNO2. The van der Waals surface area contributed by atoms with Gasteiger partial charge in [-0.1, -0.05) is 6.92 Å². The lowest BCUT2D eigenvalue weighted by atomic mass is 10.00. The van der Waals surface area contributed by atoms with Gasteiger partial charge in [-0.05, 0) is 30.2 Å². The number of nitrogen functional groups attached to an aromatic ring is 1. The minimum absolute atomic E-state index is 0.249. The van der Waals surface area contributed by atoms with Crippen molar-refractivity contribution in [2.75, 3.05) is 5.73 Å². The highest BCUT2D eigenvalue weighted by molar-refractivity contribution is 5.70. The second-order valence-electron chi connectivity index (χ2n) is 3.29. The third kappa shape index (κ3) is 2.45. The molecular weight excluding hydrogens is 185 g/mol. The Morgan fingerprint density at radius 1 is 1.64 bits per heavy atom. The van der Waals surface area contributed by atoms with E-state index in [1.165, 1.54) is 18.2 Å². The zero-order valence-corrected chi connectivity index (χ0v) is 7.83. The predicted molar refractivity (Wildman–Crippen MR) is 51.3 cm³/mol. The zero-order chi connectivity index (χ0) is 10.7. The Labute approximate surface area is 81.4 Å². The Hall–Kier alpha value is -1.58. The first-order valence-corrected chi connectivity index (χ1v) is 4.27. The number of halogens is 1. The number of benzene rings is 1. The van der Waals surface area contributed by atoms with Crippen LogP contribution >= 0.6 is 0 Å². The lowest BCUT2D eigenvalue weighted by molar-refractivity contribution is -0.141. The molecule has 14 heavy (non-hydrogen) atoms. The minimum atomic E-state index is -0.909. The number of carbonyl (C=O) groups is 1. The maximum Gasteiger partial charge on any atom is 0.306 e. The van der Waals surface area contributed by atoms with Crippen molar-refractivity contribution in [3.05, 3.63) is 29.6 Å². The van der Waals surface area contributed by atoms with E-state index in [2.05, 4.69) is 0 Å². The lowest BCUT2D eigenvalue weighted by Gasteiger charge is -2.08. The molecule has 0 aliphatic rings. The number of carboxylic acid groups (broad SMARTS) is 1. The molecule has 0 bridgehead atoms. The molecule has 1 atom stereocenters. The molecule has 1 aromatic rings. The monoisotopic (exact) mass is 197 g/mol. The Morgan fingerprint density at radius 2 is 2.29 bits per heavy atom. The first-order valence-electron chi connectivity index (χ1n) is 4.27. The van der Waals surface area contributed by atoms with Gasteiger partial charge in [0.25, 0.3) is 0 Å². The van der Waals surface area contributed by atoms with Gasteiger partial charge in [0.1, 0.15) is 5.82 Å². The number of nitrogens with two attached hydrogens (primary N) is 1. The van der Waals surface area contributed by atoms with E-state index < -0.39 is 17.7 Å². The molecule has 0 radical (unpaired) electrons. The van der Waals surface area contributed by atoms with E-state index in [1.54, 1.807) is 6.92 Å². The molecule has 0 spiro atoms. The summed E-state index contributed by atoms with van der Waals surface area (Å²) in [5.74, 6) is -1.86. The van der Waals surface area contributed by atoms with Crippen LogP contribution in [0.5, 0.6) is 0 Å². The van der Waals surface area contributed by atoms with Gasteiger partial charge in [0.2, 0.25) is 0 Å². The third-order valence-electron chi connectivity index (χ3n) is 2.05. The minimum Gasteiger partial charge on any atom is -0.481 e. The van der Waals surface area contributed by atoms with Crippen LogP contribution < -0.4 is 5.73 Å². The van der Waals surface area contributed by atoms with Crippen LogP contribution in [-0.4, -0.2) is 11.1 Å². The van der Waals surface area contributed by atoms with Crippen LogP contribution in [0.4, 0.5) is 10.1 Å². The van der Waals surface area contributed by atoms with Crippen molar-refractivity contribution in [3.63, 3.8) is 0 Å². The van der Waals surface area contributed by atoms with Gasteiger partial charge in [0.05, 0.1) is 5.92 Å². The van der Waals surface area contributed by atoms with Gasteiger partial charge in [-0.3, -0.25) is 4.79 Å². The normalized spacial score (nSPS) is 12.4. The van der Waals surface area contributed by atoms with Gasteiger partial charge in [-0.2, -0.15) is 0 Å². The second kappa shape index (κ2) is 4.09. The number of carboxylic acids is 1. The van der Waals surface area contributed by atoms with Crippen molar-refractivity contribution in [3.8, 4) is 0 Å². The van der Waals surface area contributed by atoms with Gasteiger partial charge in [-0.25, -0.2) is 4.39 Å². The van der Waals surface area contributed by atoms with Crippen molar-refractivity contribution >= 4 is 11.7 Å². The van der Waals surface area contributed by atoms with Crippen LogP contribution in [0.25, 0.3) is 0 Å². The van der Waals surface area contributed by atoms with Gasteiger partial charge >= 0.3 is 5.97 Å². The van der Waals surface area contributed by atoms with Crippen molar-refractivity contribution in [2.45, 2.75) is 13.3 Å². The fraction of sp³-hybridized carbons (Fsp3) is 0.300. The van der Waals surface area contributed by atoms with Crippen LogP contribution in [0.3, 0.4) is 0 Å². The summed E-state index contributed by atoms with van der Waals surface area (Å²) < 4.78 is 12.8. The first kappa shape index (κ1) is 10.5. The van der Waals surface area contributed by atoms with Gasteiger partial charge < -0.3 is 10.8 Å². The molecule has 0 saturated heterocycles. The molecule has 0 aromatic heterocycles. The van der Waals surface area contributed by atoms with Crippen LogP contribution in [0, 0.1) is 11.7 Å². The predicted octanol–water partition coefficient (Wildman–Crippen LogP) is 1.67. The Bertz CT molecular complexity index is 352. The maximum absolute atomic E-state index is 12.8. The smallest absolute Gasteiger partial charge is 0.306 e. The molecule has 1 aromatic carbocycles. The number of aliphatic carboxylic acids is 1. The first-order chi connectivity index (χ1) is 6.50. The summed E-state index contributed by atoms with van der Waals surface area (Å²) in [5.41, 5.74) is 6.55. The molecule has 0 fully saturated rings. The molecule has 4 heteroatoms. The molecule has 1 unspecified atom stereocenters. The van der Waals surface area contributed by atoms with E-state index in [1.807, 2.05) is 0 Å². The van der Waals surface area contributed by atoms with Crippen LogP contribution in [0.15, 0.2) is 18.2 Å². The van der Waals surface area contributed by atoms with Crippen molar-refractivity contribution < 1.29 is 14.3 Å². The van der Waals surface area contributed by atoms with Gasteiger partial charge in [-0.15, -0.1) is 0 Å². The molecule has 0 aliphatic heterocycles. The standard InChI is InChI=1S/C10H12FNO2/c1-6(10(13)14)4-7-5-8(11)2-3-9(7)12/h2-3,5-6H,4,12H2,1H3,(H,13,14). The Balaban J connectivity index is 2.85. The molecule has 3 N–H and O–H groups in total. The molecule has 0 saturated carbocycles. The van der Waals surface area contributed by atoms with E-state index in [0.29, 0.717) is 11.3 Å². The van der Waals surface area contributed by atoms with Crippen LogP contribution in [-0.2, 0) is 11.2 Å². The Morgan fingerprint density at radius 3 is 2.86 bits per heavy atom. The summed E-state index contributed by atoms with van der Waals surface area (Å²) in [4.78, 5) is 10.6. The van der Waals surface area contributed by atoms with Crippen molar-refractivity contribution in [1.29, 1.82) is 0 Å². The van der Waals surface area contributed by atoms with E-state index in [4.69, 9.17) is 10.8 Å². The quantitative estimate of drug-likeness (QED) is 0.724. The Kier molecular flexibility index (Phi) is 3.06. The molecule has 0 heterocycles. The van der Waals surface area contributed by atoms with E-state index >= 15 is 0 Å². The highest BCUT2D eigenvalue weighted by Crippen LogP contribution is 2.17. The van der Waals surface area contributed by atoms with Crippen molar-refractivity contribution in [2.24, 2.45) is 5.92 Å². The summed E-state index contributed by atoms with van der Waals surface area (Å²) in [6.45, 7) is 1.56. The summed E-state index contributed by atoms with van der Waals surface area (Å²) >= 11 is 0. The summed E-state index contributed by atoms with van der Waals surface area (Å²) in [7, 11) is 0. The average molecular weight is 197 g/mol. The highest BCUT2D eigenvalue weighted by atomic mass is 19.1. The molecule has 3 nitrogen and oxygen atoms in total. The zero-order valence-electron chi connectivity index (χ0n) is 7.83. The second-order valence-corrected chi connectivity index (χ2v) is 3.29. The highest BCUT2D eigenvalue weighted by Gasteiger charge is 2.13. The summed E-state index contributed by atoms with van der Waals surface area (Å²) in [6.07, 6.45) is 0.249.